The van der Waals surface area contributed by atoms with E-state index in [1.165, 1.54) is 12.0 Å². The molecule has 2 heterocycles. The lowest BCUT2D eigenvalue weighted by molar-refractivity contribution is -0.135. The number of hydrogen-bond donors (Lipinski definition) is 0. The van der Waals surface area contributed by atoms with Gasteiger partial charge in [-0.25, -0.2) is 4.79 Å². The Kier molecular flexibility index (Phi) is 5.54. The third-order valence-corrected chi connectivity index (χ3v) is 5.18. The molecule has 0 bridgehead atoms. The van der Waals surface area contributed by atoms with Crippen molar-refractivity contribution in [3.63, 3.8) is 0 Å². The smallest absolute Gasteiger partial charge is 0.410 e. The Labute approximate surface area is 160 Å². The second-order valence-corrected chi connectivity index (χ2v) is 7.16. The van der Waals surface area contributed by atoms with Gasteiger partial charge in [0.05, 0.1) is 13.2 Å². The molecule has 6 heteroatoms. The molecule has 1 aromatic carbocycles. The van der Waals surface area contributed by atoms with Crippen molar-refractivity contribution in [3.8, 4) is 0 Å². The van der Waals surface area contributed by atoms with Gasteiger partial charge >= 0.3 is 6.09 Å². The van der Waals surface area contributed by atoms with Gasteiger partial charge in [-0.1, -0.05) is 24.3 Å². The van der Waals surface area contributed by atoms with Gasteiger partial charge < -0.3 is 14.2 Å². The third kappa shape index (κ3) is 3.70. The van der Waals surface area contributed by atoms with E-state index >= 15 is 0 Å². The Morgan fingerprint density at radius 3 is 2.59 bits per heavy atom. The van der Waals surface area contributed by atoms with E-state index in [9.17, 15) is 9.59 Å². The van der Waals surface area contributed by atoms with Crippen molar-refractivity contribution < 1.29 is 14.3 Å². The normalized spacial score (nSPS) is 16.2. The molecule has 1 aliphatic heterocycles. The molecule has 0 saturated heterocycles. The quantitative estimate of drug-likeness (QED) is 0.832. The standard InChI is InChI=1S/C21H27N3O3/c1-15(2)24(21(26)27-4)14-19(25)23-13-12-22-11-7-10-18(22)20(23)17-9-6-5-8-16(17)3/h5-11,15,20H,12-14H2,1-4H3/t20-/m0/s1. The number of methoxy groups -OCH3 is 1. The summed E-state index contributed by atoms with van der Waals surface area (Å²) in [6.07, 6.45) is 1.57. The summed E-state index contributed by atoms with van der Waals surface area (Å²) in [5, 5.41) is 0. The van der Waals surface area contributed by atoms with Gasteiger partial charge in [-0.3, -0.25) is 9.69 Å². The second-order valence-electron chi connectivity index (χ2n) is 7.16. The van der Waals surface area contributed by atoms with E-state index in [1.54, 1.807) is 0 Å². The molecule has 1 aromatic heterocycles. The summed E-state index contributed by atoms with van der Waals surface area (Å²) < 4.78 is 7.04. The van der Waals surface area contributed by atoms with Gasteiger partial charge in [0.15, 0.2) is 0 Å². The highest BCUT2D eigenvalue weighted by Gasteiger charge is 2.34. The second kappa shape index (κ2) is 7.86. The first-order valence-electron chi connectivity index (χ1n) is 9.28. The number of ether oxygens (including phenoxy) is 1. The van der Waals surface area contributed by atoms with Crippen LogP contribution in [0.25, 0.3) is 0 Å². The molecule has 0 saturated carbocycles. The highest BCUT2D eigenvalue weighted by molar-refractivity contribution is 5.83. The highest BCUT2D eigenvalue weighted by atomic mass is 16.5. The zero-order chi connectivity index (χ0) is 19.6. The van der Waals surface area contributed by atoms with Crippen LogP contribution in [0.15, 0.2) is 42.6 Å². The molecule has 0 radical (unpaired) electrons. The number of nitrogens with zero attached hydrogens (tertiary/aromatic N) is 3. The van der Waals surface area contributed by atoms with Gasteiger partial charge in [-0.15, -0.1) is 0 Å². The minimum Gasteiger partial charge on any atom is -0.453 e. The van der Waals surface area contributed by atoms with Crippen molar-refractivity contribution in [1.29, 1.82) is 0 Å². The van der Waals surface area contributed by atoms with Gasteiger partial charge in [-0.2, -0.15) is 0 Å². The summed E-state index contributed by atoms with van der Waals surface area (Å²) in [4.78, 5) is 28.6. The lowest BCUT2D eigenvalue weighted by atomic mass is 9.95. The number of aryl methyl sites for hydroxylation is 1. The molecule has 0 unspecified atom stereocenters. The van der Waals surface area contributed by atoms with Crippen LogP contribution in [0, 0.1) is 6.92 Å². The lowest BCUT2D eigenvalue weighted by Gasteiger charge is -2.39. The summed E-state index contributed by atoms with van der Waals surface area (Å²) >= 11 is 0. The van der Waals surface area contributed by atoms with Crippen LogP contribution < -0.4 is 0 Å². The largest absolute Gasteiger partial charge is 0.453 e. The van der Waals surface area contributed by atoms with Gasteiger partial charge in [0.1, 0.15) is 6.54 Å². The molecular formula is C21H27N3O3. The summed E-state index contributed by atoms with van der Waals surface area (Å²) in [6.45, 7) is 7.18. The van der Waals surface area contributed by atoms with Crippen molar-refractivity contribution in [1.82, 2.24) is 14.4 Å². The molecule has 3 rings (SSSR count). The van der Waals surface area contributed by atoms with Gasteiger partial charge in [-0.05, 0) is 44.0 Å². The maximum atomic E-state index is 13.2. The number of amides is 2. The molecule has 0 aliphatic carbocycles. The lowest BCUT2D eigenvalue weighted by Crippen LogP contribution is -2.49. The molecule has 144 valence electrons. The van der Waals surface area contributed by atoms with Crippen molar-refractivity contribution in [2.24, 2.45) is 0 Å². The first-order chi connectivity index (χ1) is 12.9. The molecule has 2 amide bonds. The van der Waals surface area contributed by atoms with E-state index in [4.69, 9.17) is 4.74 Å². The van der Waals surface area contributed by atoms with Crippen LogP contribution in [-0.4, -0.2) is 52.6 Å². The van der Waals surface area contributed by atoms with E-state index in [-0.39, 0.29) is 24.5 Å². The van der Waals surface area contributed by atoms with Crippen molar-refractivity contribution in [2.75, 3.05) is 20.2 Å². The predicted molar refractivity (Wildman–Crippen MR) is 103 cm³/mol. The van der Waals surface area contributed by atoms with Crippen LogP contribution >= 0.6 is 0 Å². The average molecular weight is 369 g/mol. The molecule has 0 fully saturated rings. The number of fused-ring (bicyclic) bond motifs is 1. The fraction of sp³-hybridized carbons (Fsp3) is 0.429. The molecule has 27 heavy (non-hydrogen) atoms. The molecule has 2 aromatic rings. The number of rotatable bonds is 4. The first-order valence-corrected chi connectivity index (χ1v) is 9.28. The van der Waals surface area contributed by atoms with Crippen LogP contribution in [0.5, 0.6) is 0 Å². The Morgan fingerprint density at radius 1 is 1.19 bits per heavy atom. The van der Waals surface area contributed by atoms with E-state index in [2.05, 4.69) is 35.9 Å². The fourth-order valence-corrected chi connectivity index (χ4v) is 3.68. The summed E-state index contributed by atoms with van der Waals surface area (Å²) in [5.41, 5.74) is 3.35. The van der Waals surface area contributed by atoms with Crippen LogP contribution in [0.1, 0.15) is 36.7 Å². The summed E-state index contributed by atoms with van der Waals surface area (Å²) in [6, 6.07) is 12.0. The molecule has 0 N–H and O–H groups in total. The summed E-state index contributed by atoms with van der Waals surface area (Å²) in [7, 11) is 1.34. The van der Waals surface area contributed by atoms with Gasteiger partial charge in [0, 0.05) is 31.0 Å². The maximum absolute atomic E-state index is 13.2. The van der Waals surface area contributed by atoms with E-state index < -0.39 is 6.09 Å². The van der Waals surface area contributed by atoms with E-state index in [0.29, 0.717) is 6.54 Å². The monoisotopic (exact) mass is 369 g/mol. The predicted octanol–water partition coefficient (Wildman–Crippen LogP) is 3.20. The first kappa shape index (κ1) is 19.0. The highest BCUT2D eigenvalue weighted by Crippen LogP contribution is 2.34. The van der Waals surface area contributed by atoms with Gasteiger partial charge in [0.2, 0.25) is 5.91 Å². The molecule has 0 spiro atoms. The Hall–Kier alpha value is -2.76. The van der Waals surface area contributed by atoms with E-state index in [0.717, 1.165) is 23.4 Å². The zero-order valence-corrected chi connectivity index (χ0v) is 16.4. The van der Waals surface area contributed by atoms with Crippen LogP contribution in [0.2, 0.25) is 0 Å². The Morgan fingerprint density at radius 2 is 1.93 bits per heavy atom. The minimum absolute atomic E-state index is 0.00737. The van der Waals surface area contributed by atoms with E-state index in [1.807, 2.05) is 36.9 Å². The topological polar surface area (TPSA) is 54.8 Å². The van der Waals surface area contributed by atoms with Crippen LogP contribution in [0.3, 0.4) is 0 Å². The van der Waals surface area contributed by atoms with Crippen molar-refractivity contribution in [3.05, 3.63) is 59.4 Å². The Bertz CT molecular complexity index is 828. The average Bonchev–Trinajstić information content (AvgIpc) is 3.13. The Balaban J connectivity index is 1.95. The molecular weight excluding hydrogens is 342 g/mol. The SMILES string of the molecule is COC(=O)N(CC(=O)N1CCn2cccc2[C@@H]1c1ccccc1C)C(C)C. The molecule has 6 nitrogen and oxygen atoms in total. The summed E-state index contributed by atoms with van der Waals surface area (Å²) in [5.74, 6) is -0.0743. The fourth-order valence-electron chi connectivity index (χ4n) is 3.68. The zero-order valence-electron chi connectivity index (χ0n) is 16.4. The number of carbonyl (C=O) groups is 2. The van der Waals surface area contributed by atoms with Crippen molar-refractivity contribution in [2.45, 2.75) is 39.4 Å². The molecule has 1 aliphatic rings. The third-order valence-electron chi connectivity index (χ3n) is 5.18. The van der Waals surface area contributed by atoms with Crippen LogP contribution in [0.4, 0.5) is 4.79 Å². The minimum atomic E-state index is -0.480. The number of benzene rings is 1. The van der Waals surface area contributed by atoms with Crippen LogP contribution in [-0.2, 0) is 16.1 Å². The number of carbonyl (C=O) groups excluding carboxylic acids is 2. The molecule has 1 atom stereocenters. The van der Waals surface area contributed by atoms with Crippen molar-refractivity contribution >= 4 is 12.0 Å². The number of aromatic nitrogens is 1. The number of hydrogen-bond acceptors (Lipinski definition) is 3. The van der Waals surface area contributed by atoms with Gasteiger partial charge in [0.25, 0.3) is 0 Å². The maximum Gasteiger partial charge on any atom is 0.410 e.